The van der Waals surface area contributed by atoms with Crippen LogP contribution < -0.4 is 9.64 Å². The van der Waals surface area contributed by atoms with Crippen molar-refractivity contribution in [2.75, 3.05) is 58.0 Å². The third-order valence-electron chi connectivity index (χ3n) is 11.5. The minimum absolute atomic E-state index is 0.194. The van der Waals surface area contributed by atoms with Crippen molar-refractivity contribution < 1.29 is 23.4 Å². The van der Waals surface area contributed by atoms with Gasteiger partial charge in [-0.25, -0.2) is 0 Å². The largest absolute Gasteiger partial charge is 0.494 e. The van der Waals surface area contributed by atoms with Crippen LogP contribution in [0.25, 0.3) is 22.2 Å². The highest BCUT2D eigenvalue weighted by molar-refractivity contribution is 6.74. The van der Waals surface area contributed by atoms with E-state index < -0.39 is 8.32 Å². The Labute approximate surface area is 314 Å². The number of piperazine rings is 1. The van der Waals surface area contributed by atoms with Crippen LogP contribution in [0.1, 0.15) is 98.4 Å². The first-order valence-electron chi connectivity index (χ1n) is 19.6. The number of fused-ring (bicyclic) bond motifs is 1. The molecule has 288 valence electrons. The first-order chi connectivity index (χ1) is 24.5. The molecule has 0 N–H and O–H groups in total. The number of aromatic nitrogens is 2. The van der Waals surface area contributed by atoms with Gasteiger partial charge >= 0.3 is 5.97 Å². The molecule has 2 aromatic heterocycles. The van der Waals surface area contributed by atoms with E-state index in [0.717, 1.165) is 97.5 Å². The predicted octanol–water partition coefficient (Wildman–Crippen LogP) is 9.03. The molecule has 0 unspecified atom stereocenters. The fourth-order valence-corrected chi connectivity index (χ4v) is 8.21. The molecule has 1 saturated heterocycles. The van der Waals surface area contributed by atoms with E-state index in [1.807, 2.05) is 6.20 Å². The SMILES string of the molecule is CCn1c(-c2cc(N3CCN(C4CC4)CC3)cnc2[C@H](C)OC)c(CC(C)(C)COC(C)=O)c2cc(OCCCCO[Si](C)(C)C(C)(C)C)ccc21. The minimum atomic E-state index is -1.75. The third-order valence-corrected chi connectivity index (χ3v) is 16.0. The molecule has 3 aromatic rings. The van der Waals surface area contributed by atoms with Crippen molar-refractivity contribution in [3.05, 3.63) is 41.7 Å². The number of hydrogen-bond acceptors (Lipinski definition) is 8. The van der Waals surface area contributed by atoms with Gasteiger partial charge in [-0.3, -0.25) is 14.7 Å². The molecular formula is C42H66N4O5Si. The van der Waals surface area contributed by atoms with Crippen LogP contribution in [0, 0.1) is 5.41 Å². The van der Waals surface area contributed by atoms with Crippen molar-refractivity contribution in [2.45, 2.75) is 124 Å². The number of hydrogen-bond donors (Lipinski definition) is 0. The fourth-order valence-electron chi connectivity index (χ4n) is 7.12. The van der Waals surface area contributed by atoms with E-state index >= 15 is 0 Å². The van der Waals surface area contributed by atoms with Gasteiger partial charge in [0.05, 0.1) is 42.6 Å². The van der Waals surface area contributed by atoms with Gasteiger partial charge in [0, 0.05) is 81.3 Å². The molecule has 0 spiro atoms. The number of methoxy groups -OCH3 is 1. The van der Waals surface area contributed by atoms with Crippen molar-refractivity contribution in [1.82, 2.24) is 14.5 Å². The van der Waals surface area contributed by atoms with Gasteiger partial charge in [0.15, 0.2) is 8.32 Å². The average molecular weight is 735 g/mol. The number of carbonyl (C=O) groups excluding carboxylic acids is 1. The minimum Gasteiger partial charge on any atom is -0.494 e. The first kappa shape index (κ1) is 40.3. The molecule has 0 bridgehead atoms. The number of pyridine rings is 1. The molecule has 9 nitrogen and oxygen atoms in total. The molecule has 1 saturated carbocycles. The molecule has 1 aliphatic heterocycles. The van der Waals surface area contributed by atoms with E-state index in [1.165, 1.54) is 25.3 Å². The van der Waals surface area contributed by atoms with Gasteiger partial charge in [-0.05, 0) is 93.9 Å². The summed E-state index contributed by atoms with van der Waals surface area (Å²) in [6, 6.07) is 9.65. The second kappa shape index (κ2) is 16.6. The van der Waals surface area contributed by atoms with Crippen molar-refractivity contribution >= 4 is 30.9 Å². The Bertz CT molecular complexity index is 1670. The van der Waals surface area contributed by atoms with Crippen molar-refractivity contribution in [3.63, 3.8) is 0 Å². The number of unbranched alkanes of at least 4 members (excludes halogenated alkanes) is 1. The van der Waals surface area contributed by atoms with E-state index in [2.05, 4.69) is 100 Å². The van der Waals surface area contributed by atoms with E-state index in [0.29, 0.717) is 19.6 Å². The Morgan fingerprint density at radius 2 is 1.71 bits per heavy atom. The Kier molecular flexibility index (Phi) is 12.9. The number of anilines is 1. The summed E-state index contributed by atoms with van der Waals surface area (Å²) in [5.74, 6) is 0.604. The number of benzene rings is 1. The van der Waals surface area contributed by atoms with Crippen LogP contribution >= 0.6 is 0 Å². The van der Waals surface area contributed by atoms with Crippen LogP contribution in [0.3, 0.4) is 0 Å². The maximum atomic E-state index is 11.9. The highest BCUT2D eigenvalue weighted by atomic mass is 28.4. The second-order valence-corrected chi connectivity index (χ2v) is 22.1. The third kappa shape index (κ3) is 9.59. The normalized spacial score (nSPS) is 16.8. The zero-order valence-corrected chi connectivity index (χ0v) is 35.1. The molecule has 3 heterocycles. The van der Waals surface area contributed by atoms with E-state index in [-0.39, 0.29) is 22.5 Å². The van der Waals surface area contributed by atoms with Gasteiger partial charge in [0.1, 0.15) is 5.75 Å². The van der Waals surface area contributed by atoms with Gasteiger partial charge in [0.25, 0.3) is 0 Å². The van der Waals surface area contributed by atoms with Gasteiger partial charge in [-0.1, -0.05) is 34.6 Å². The monoisotopic (exact) mass is 734 g/mol. The molecule has 0 radical (unpaired) electrons. The number of carbonyl (C=O) groups is 1. The molecule has 1 aliphatic carbocycles. The maximum Gasteiger partial charge on any atom is 0.302 e. The summed E-state index contributed by atoms with van der Waals surface area (Å²) >= 11 is 0. The first-order valence-corrected chi connectivity index (χ1v) is 22.5. The summed E-state index contributed by atoms with van der Waals surface area (Å²) in [6.45, 7) is 28.3. The Morgan fingerprint density at radius 1 is 1.02 bits per heavy atom. The van der Waals surface area contributed by atoms with Crippen molar-refractivity contribution in [2.24, 2.45) is 5.41 Å². The summed E-state index contributed by atoms with van der Waals surface area (Å²) < 4.78 is 26.8. The van der Waals surface area contributed by atoms with Crippen molar-refractivity contribution in [1.29, 1.82) is 0 Å². The van der Waals surface area contributed by atoms with Crippen LogP contribution in [0.5, 0.6) is 5.75 Å². The van der Waals surface area contributed by atoms with Crippen LogP contribution in [-0.4, -0.2) is 87.9 Å². The zero-order chi connectivity index (χ0) is 37.8. The van der Waals surface area contributed by atoms with Crippen molar-refractivity contribution in [3.8, 4) is 17.0 Å². The molecule has 2 fully saturated rings. The van der Waals surface area contributed by atoms with E-state index in [9.17, 15) is 4.79 Å². The summed E-state index contributed by atoms with van der Waals surface area (Å²) in [5, 5.41) is 1.37. The molecule has 1 atom stereocenters. The Morgan fingerprint density at radius 3 is 2.33 bits per heavy atom. The molecule has 0 amide bonds. The summed E-state index contributed by atoms with van der Waals surface area (Å²) in [4.78, 5) is 22.2. The Balaban J connectivity index is 1.50. The number of rotatable bonds is 17. The van der Waals surface area contributed by atoms with E-state index in [4.69, 9.17) is 23.6 Å². The lowest BCUT2D eigenvalue weighted by atomic mass is 9.84. The maximum absolute atomic E-state index is 11.9. The summed E-state index contributed by atoms with van der Waals surface area (Å²) in [6.07, 6.45) is 7.13. The predicted molar refractivity (Wildman–Crippen MR) is 215 cm³/mol. The zero-order valence-electron chi connectivity index (χ0n) is 34.1. The highest BCUT2D eigenvalue weighted by Crippen LogP contribution is 2.43. The molecule has 5 rings (SSSR count). The molecule has 1 aromatic carbocycles. The number of nitrogens with zero attached hydrogens (tertiary/aromatic N) is 4. The van der Waals surface area contributed by atoms with Gasteiger partial charge < -0.3 is 28.1 Å². The lowest BCUT2D eigenvalue weighted by Gasteiger charge is -2.36. The standard InChI is InChI=1S/C42H66N4O5Si/c1-12-46-38-18-17-34(49-23-13-14-24-51-52(10,11)41(4,5)6)26-35(38)37(27-42(7,8)29-50-31(3)47)40(46)36-25-33(28-43-39(36)30(2)48-9)45-21-19-44(20-22-45)32-15-16-32/h17-18,25-26,28,30,32H,12-16,19-24,27,29H2,1-11H3/t30-/m0/s1. The van der Waals surface area contributed by atoms with Gasteiger partial charge in [-0.2, -0.15) is 0 Å². The van der Waals surface area contributed by atoms with E-state index in [1.54, 1.807) is 7.11 Å². The molecular weight excluding hydrogens is 669 g/mol. The average Bonchev–Trinajstić information content (AvgIpc) is 3.91. The molecule has 52 heavy (non-hydrogen) atoms. The fraction of sp³-hybridized carbons (Fsp3) is 0.667. The van der Waals surface area contributed by atoms with Crippen LogP contribution in [-0.2, 0) is 31.7 Å². The lowest BCUT2D eigenvalue weighted by molar-refractivity contribution is -0.143. The van der Waals surface area contributed by atoms with Crippen LogP contribution in [0.2, 0.25) is 18.1 Å². The van der Waals surface area contributed by atoms with Crippen LogP contribution in [0.15, 0.2) is 30.5 Å². The van der Waals surface area contributed by atoms with Gasteiger partial charge in [0.2, 0.25) is 0 Å². The number of ether oxygens (including phenoxy) is 3. The van der Waals surface area contributed by atoms with Crippen LogP contribution in [0.4, 0.5) is 5.69 Å². The molecule has 10 heteroatoms. The lowest BCUT2D eigenvalue weighted by Crippen LogP contribution is -2.47. The topological polar surface area (TPSA) is 78.3 Å². The quantitative estimate of drug-likeness (QED) is 0.0773. The summed E-state index contributed by atoms with van der Waals surface area (Å²) in [5.41, 5.74) is 6.38. The molecule has 2 aliphatic rings. The Hall–Kier alpha value is -2.92. The number of aryl methyl sites for hydroxylation is 1. The highest BCUT2D eigenvalue weighted by Gasteiger charge is 2.37. The second-order valence-electron chi connectivity index (χ2n) is 17.3. The smallest absolute Gasteiger partial charge is 0.302 e. The summed E-state index contributed by atoms with van der Waals surface area (Å²) in [7, 11) is -0.000168. The number of esters is 1. The van der Waals surface area contributed by atoms with Gasteiger partial charge in [-0.15, -0.1) is 0 Å².